The van der Waals surface area contributed by atoms with Crippen molar-refractivity contribution in [1.29, 1.82) is 0 Å². The van der Waals surface area contributed by atoms with E-state index in [1.165, 1.54) is 11.3 Å². The number of aromatic nitrogens is 1. The van der Waals surface area contributed by atoms with Crippen LogP contribution < -0.4 is 5.32 Å². The average molecular weight is 284 g/mol. The molecule has 1 saturated carbocycles. The molecule has 0 radical (unpaired) electrons. The lowest BCUT2D eigenvalue weighted by Gasteiger charge is -2.18. The standard InChI is InChI=1S/C12H16N2O4S/c1-12(2,3)18-11(17)14-10-13-8(5-19-10)6-4-7(6)9(15)16/h5-7H,4H2,1-3H3,(H,15,16)(H,13,14,17)/t6-,7-/m1/s1. The van der Waals surface area contributed by atoms with Crippen molar-refractivity contribution < 1.29 is 19.4 Å². The molecule has 1 fully saturated rings. The monoisotopic (exact) mass is 284 g/mol. The van der Waals surface area contributed by atoms with Gasteiger partial charge in [-0.3, -0.25) is 10.1 Å². The molecule has 7 heteroatoms. The number of carbonyl (C=O) groups excluding carboxylic acids is 1. The topological polar surface area (TPSA) is 88.5 Å². The van der Waals surface area contributed by atoms with Crippen molar-refractivity contribution >= 4 is 28.5 Å². The van der Waals surface area contributed by atoms with Crippen LogP contribution in [0.5, 0.6) is 0 Å². The molecule has 2 N–H and O–H groups in total. The summed E-state index contributed by atoms with van der Waals surface area (Å²) >= 11 is 1.27. The third kappa shape index (κ3) is 3.66. The second-order valence-electron chi connectivity index (χ2n) is 5.49. The van der Waals surface area contributed by atoms with Crippen molar-refractivity contribution in [3.05, 3.63) is 11.1 Å². The van der Waals surface area contributed by atoms with Gasteiger partial charge in [-0.2, -0.15) is 0 Å². The summed E-state index contributed by atoms with van der Waals surface area (Å²) in [7, 11) is 0. The van der Waals surface area contributed by atoms with E-state index in [1.54, 1.807) is 26.2 Å². The van der Waals surface area contributed by atoms with E-state index in [1.807, 2.05) is 0 Å². The van der Waals surface area contributed by atoms with Crippen molar-refractivity contribution in [3.8, 4) is 0 Å². The number of nitrogens with one attached hydrogen (secondary N) is 1. The van der Waals surface area contributed by atoms with Crippen LogP contribution in [0.2, 0.25) is 0 Å². The number of carboxylic acids is 1. The zero-order valence-corrected chi connectivity index (χ0v) is 11.8. The van der Waals surface area contributed by atoms with Crippen molar-refractivity contribution in [2.24, 2.45) is 5.92 Å². The van der Waals surface area contributed by atoms with E-state index < -0.39 is 17.7 Å². The highest BCUT2D eigenvalue weighted by Crippen LogP contribution is 2.47. The Labute approximate surface area is 114 Å². The van der Waals surface area contributed by atoms with Crippen LogP contribution in [0.25, 0.3) is 0 Å². The molecule has 0 spiro atoms. The Bertz CT molecular complexity index is 506. The third-order valence-corrected chi connectivity index (χ3v) is 3.39. The van der Waals surface area contributed by atoms with Crippen molar-refractivity contribution in [2.75, 3.05) is 5.32 Å². The van der Waals surface area contributed by atoms with Gasteiger partial charge >= 0.3 is 12.1 Å². The van der Waals surface area contributed by atoms with Gasteiger partial charge in [-0.25, -0.2) is 9.78 Å². The molecule has 2 atom stereocenters. The van der Waals surface area contributed by atoms with E-state index in [9.17, 15) is 9.59 Å². The van der Waals surface area contributed by atoms with E-state index in [4.69, 9.17) is 9.84 Å². The molecule has 6 nitrogen and oxygen atoms in total. The van der Waals surface area contributed by atoms with Crippen molar-refractivity contribution in [1.82, 2.24) is 4.98 Å². The van der Waals surface area contributed by atoms with Crippen molar-refractivity contribution in [2.45, 2.75) is 38.7 Å². The predicted molar refractivity (Wildman–Crippen MR) is 70.5 cm³/mol. The Morgan fingerprint density at radius 1 is 1.53 bits per heavy atom. The highest BCUT2D eigenvalue weighted by molar-refractivity contribution is 7.13. The number of hydrogen-bond donors (Lipinski definition) is 2. The summed E-state index contributed by atoms with van der Waals surface area (Å²) in [5.74, 6) is -1.15. The molecule has 0 aliphatic heterocycles. The quantitative estimate of drug-likeness (QED) is 0.890. The van der Waals surface area contributed by atoms with Crippen LogP contribution >= 0.6 is 11.3 Å². The van der Waals surface area contributed by atoms with Gasteiger partial charge in [0.15, 0.2) is 5.13 Å². The minimum absolute atomic E-state index is 0.0251. The third-order valence-electron chi connectivity index (χ3n) is 2.62. The second kappa shape index (κ2) is 4.80. The fourth-order valence-corrected chi connectivity index (χ4v) is 2.46. The molecule has 1 amide bonds. The second-order valence-corrected chi connectivity index (χ2v) is 6.35. The first kappa shape index (κ1) is 13.8. The number of hydrogen-bond acceptors (Lipinski definition) is 5. The Kier molecular flexibility index (Phi) is 3.49. The first-order chi connectivity index (χ1) is 8.76. The van der Waals surface area contributed by atoms with E-state index in [-0.39, 0.29) is 11.8 Å². The lowest BCUT2D eigenvalue weighted by molar-refractivity contribution is -0.138. The van der Waals surface area contributed by atoms with Gasteiger partial charge in [0.25, 0.3) is 0 Å². The molecule has 0 unspecified atom stereocenters. The van der Waals surface area contributed by atoms with Gasteiger partial charge in [-0.1, -0.05) is 0 Å². The zero-order valence-electron chi connectivity index (χ0n) is 11.0. The normalized spacial score (nSPS) is 21.8. The number of nitrogens with zero attached hydrogens (tertiary/aromatic N) is 1. The maximum absolute atomic E-state index is 11.5. The molecular formula is C12H16N2O4S. The smallest absolute Gasteiger partial charge is 0.413 e. The SMILES string of the molecule is CC(C)(C)OC(=O)Nc1nc([C@@H]2C[C@H]2C(=O)O)cs1. The molecule has 1 aliphatic rings. The van der Waals surface area contributed by atoms with Crippen LogP contribution in [0.1, 0.15) is 38.8 Å². The molecule has 1 aromatic rings. The number of anilines is 1. The molecule has 2 rings (SSSR count). The van der Waals surface area contributed by atoms with Crippen LogP contribution in [-0.4, -0.2) is 27.8 Å². The van der Waals surface area contributed by atoms with Gasteiger partial charge in [0.1, 0.15) is 5.60 Å². The number of rotatable bonds is 3. The molecule has 0 saturated heterocycles. The number of thiazole rings is 1. The lowest BCUT2D eigenvalue weighted by Crippen LogP contribution is -2.27. The molecule has 104 valence electrons. The first-order valence-electron chi connectivity index (χ1n) is 5.94. The van der Waals surface area contributed by atoms with Gasteiger partial charge in [0.05, 0.1) is 11.6 Å². The number of carboxylic acid groups (broad SMARTS) is 1. The van der Waals surface area contributed by atoms with E-state index in [2.05, 4.69) is 10.3 Å². The Hall–Kier alpha value is -1.63. The molecule has 0 aromatic carbocycles. The number of ether oxygens (including phenoxy) is 1. The molecule has 1 heterocycles. The minimum atomic E-state index is -0.792. The van der Waals surface area contributed by atoms with Crippen LogP contribution in [0.15, 0.2) is 5.38 Å². The number of amides is 1. The Morgan fingerprint density at radius 3 is 2.74 bits per heavy atom. The van der Waals surface area contributed by atoms with Crippen LogP contribution in [0, 0.1) is 5.92 Å². The summed E-state index contributed by atoms with van der Waals surface area (Å²) in [6, 6.07) is 0. The lowest BCUT2D eigenvalue weighted by atomic mass is 10.2. The summed E-state index contributed by atoms with van der Waals surface area (Å²) in [6.07, 6.45) is 0.0595. The minimum Gasteiger partial charge on any atom is -0.481 e. The van der Waals surface area contributed by atoms with Crippen molar-refractivity contribution in [3.63, 3.8) is 0 Å². The summed E-state index contributed by atoms with van der Waals surface area (Å²) < 4.78 is 5.11. The average Bonchev–Trinajstić information content (AvgIpc) is 2.91. The molecule has 19 heavy (non-hydrogen) atoms. The summed E-state index contributed by atoms with van der Waals surface area (Å²) in [5.41, 5.74) is 0.165. The van der Waals surface area contributed by atoms with Crippen LogP contribution in [0.4, 0.5) is 9.93 Å². The fraction of sp³-hybridized carbons (Fsp3) is 0.583. The maximum atomic E-state index is 11.5. The van der Waals surface area contributed by atoms with Crippen LogP contribution in [-0.2, 0) is 9.53 Å². The van der Waals surface area contributed by atoms with E-state index >= 15 is 0 Å². The summed E-state index contributed by atoms with van der Waals surface area (Å²) in [5, 5.41) is 13.6. The maximum Gasteiger partial charge on any atom is 0.413 e. The predicted octanol–water partition coefficient (Wildman–Crippen LogP) is 2.68. The molecular weight excluding hydrogens is 268 g/mol. The van der Waals surface area contributed by atoms with E-state index in [0.29, 0.717) is 11.6 Å². The number of carbonyl (C=O) groups is 2. The number of aliphatic carboxylic acids is 1. The van der Waals surface area contributed by atoms with Gasteiger partial charge in [0, 0.05) is 11.3 Å². The Balaban J connectivity index is 1.92. The first-order valence-corrected chi connectivity index (χ1v) is 6.82. The highest BCUT2D eigenvalue weighted by atomic mass is 32.1. The van der Waals surface area contributed by atoms with Crippen LogP contribution in [0.3, 0.4) is 0 Å². The van der Waals surface area contributed by atoms with Gasteiger partial charge in [-0.15, -0.1) is 11.3 Å². The Morgan fingerprint density at radius 2 is 2.21 bits per heavy atom. The fourth-order valence-electron chi connectivity index (χ4n) is 1.70. The van der Waals surface area contributed by atoms with Gasteiger partial charge < -0.3 is 9.84 Å². The molecule has 1 aromatic heterocycles. The van der Waals surface area contributed by atoms with E-state index in [0.717, 1.165) is 5.69 Å². The summed E-state index contributed by atoms with van der Waals surface area (Å²) in [6.45, 7) is 5.34. The highest BCUT2D eigenvalue weighted by Gasteiger charge is 2.45. The molecule has 0 bridgehead atoms. The largest absolute Gasteiger partial charge is 0.481 e. The summed E-state index contributed by atoms with van der Waals surface area (Å²) in [4.78, 5) is 26.5. The van der Waals surface area contributed by atoms with Gasteiger partial charge in [-0.05, 0) is 27.2 Å². The zero-order chi connectivity index (χ0) is 14.2. The molecule has 1 aliphatic carbocycles. The van der Waals surface area contributed by atoms with Gasteiger partial charge in [0.2, 0.25) is 0 Å².